The minimum absolute atomic E-state index is 0.185. The Hall–Kier alpha value is -2.22. The zero-order chi connectivity index (χ0) is 19.6. The van der Waals surface area contributed by atoms with Gasteiger partial charge in [0, 0.05) is 30.1 Å². The fourth-order valence-corrected chi connectivity index (χ4v) is 5.03. The molecule has 0 aliphatic carbocycles. The Morgan fingerprint density at radius 2 is 2.04 bits per heavy atom. The molecule has 3 heterocycles. The van der Waals surface area contributed by atoms with Crippen molar-refractivity contribution in [1.29, 1.82) is 5.26 Å². The smallest absolute Gasteiger partial charge is 0.0991 e. The highest BCUT2D eigenvalue weighted by Crippen LogP contribution is 2.51. The molecule has 2 aromatic rings. The first kappa shape index (κ1) is 19.1. The molecule has 0 unspecified atom stereocenters. The molecule has 2 fully saturated rings. The summed E-state index contributed by atoms with van der Waals surface area (Å²) in [5, 5.41) is 9.02. The molecule has 0 N–H and O–H groups in total. The molecule has 0 spiro atoms. The number of nitriles is 1. The summed E-state index contributed by atoms with van der Waals surface area (Å²) < 4.78 is 6.17. The monoisotopic (exact) mass is 375 g/mol. The number of pyridine rings is 1. The van der Waals surface area contributed by atoms with Gasteiger partial charge in [-0.05, 0) is 55.6 Å². The number of aryl methyl sites for hydroxylation is 1. The van der Waals surface area contributed by atoms with Crippen LogP contribution < -0.4 is 0 Å². The van der Waals surface area contributed by atoms with Crippen LogP contribution in [0.3, 0.4) is 0 Å². The number of aromatic nitrogens is 1. The molecule has 4 nitrogen and oxygen atoms in total. The molecule has 0 saturated carbocycles. The SMILES string of the molecule is CC1(C)CO[C@@H]1[C@]1(CCc2ccc(C#N)cc2)CCN(Cc2ccccn2)C1. The van der Waals surface area contributed by atoms with Gasteiger partial charge in [-0.3, -0.25) is 9.88 Å². The van der Waals surface area contributed by atoms with Crippen molar-refractivity contribution in [1.82, 2.24) is 9.88 Å². The van der Waals surface area contributed by atoms with Crippen LogP contribution in [0.5, 0.6) is 0 Å². The van der Waals surface area contributed by atoms with E-state index in [9.17, 15) is 0 Å². The summed E-state index contributed by atoms with van der Waals surface area (Å²) in [7, 11) is 0. The molecular formula is C24H29N3O. The average molecular weight is 376 g/mol. The van der Waals surface area contributed by atoms with Crippen LogP contribution in [-0.2, 0) is 17.7 Å². The Morgan fingerprint density at radius 3 is 2.64 bits per heavy atom. The van der Waals surface area contributed by atoms with E-state index in [1.165, 1.54) is 12.0 Å². The number of hydrogen-bond donors (Lipinski definition) is 0. The van der Waals surface area contributed by atoms with Gasteiger partial charge in [-0.15, -0.1) is 0 Å². The Kier molecular flexibility index (Phi) is 5.23. The third kappa shape index (κ3) is 3.83. The fraction of sp³-hybridized carbons (Fsp3) is 0.500. The van der Waals surface area contributed by atoms with E-state index in [1.807, 2.05) is 24.4 Å². The highest BCUT2D eigenvalue weighted by molar-refractivity contribution is 5.31. The summed E-state index contributed by atoms with van der Waals surface area (Å²) in [6, 6.07) is 16.4. The number of rotatable bonds is 6. The maximum atomic E-state index is 9.02. The molecule has 2 saturated heterocycles. The van der Waals surface area contributed by atoms with Gasteiger partial charge < -0.3 is 4.74 Å². The Labute approximate surface area is 168 Å². The van der Waals surface area contributed by atoms with Crippen LogP contribution in [0.25, 0.3) is 0 Å². The molecule has 2 aliphatic rings. The van der Waals surface area contributed by atoms with Crippen molar-refractivity contribution in [2.24, 2.45) is 10.8 Å². The first-order chi connectivity index (χ1) is 13.5. The van der Waals surface area contributed by atoms with Crippen LogP contribution in [0.2, 0.25) is 0 Å². The standard InChI is InChI=1S/C24H29N3O/c1-23(2)18-28-22(23)24(11-10-19-6-8-20(15-25)9-7-19)12-14-27(17-24)16-21-5-3-4-13-26-21/h3-9,13,22H,10-12,14,16-18H2,1-2H3/t22-,24+/m0/s1. The molecule has 1 aromatic heterocycles. The summed E-state index contributed by atoms with van der Waals surface area (Å²) in [4.78, 5) is 7.05. The maximum Gasteiger partial charge on any atom is 0.0991 e. The highest BCUT2D eigenvalue weighted by atomic mass is 16.5. The second-order valence-corrected chi connectivity index (χ2v) is 9.13. The van der Waals surface area contributed by atoms with Crippen molar-refractivity contribution < 1.29 is 4.74 Å². The highest BCUT2D eigenvalue weighted by Gasteiger charge is 2.55. The Bertz CT molecular complexity index is 840. The normalized spacial score (nSPS) is 26.5. The summed E-state index contributed by atoms with van der Waals surface area (Å²) >= 11 is 0. The van der Waals surface area contributed by atoms with E-state index in [0.717, 1.165) is 50.3 Å². The quantitative estimate of drug-likeness (QED) is 0.759. The van der Waals surface area contributed by atoms with Gasteiger partial charge in [0.15, 0.2) is 0 Å². The third-order valence-corrected chi connectivity index (χ3v) is 6.46. The lowest BCUT2D eigenvalue weighted by molar-refractivity contribution is -0.223. The summed E-state index contributed by atoms with van der Waals surface area (Å²) in [5.41, 5.74) is 3.60. The third-order valence-electron chi connectivity index (χ3n) is 6.46. The van der Waals surface area contributed by atoms with Gasteiger partial charge in [0.05, 0.1) is 30.0 Å². The molecule has 146 valence electrons. The molecule has 0 bridgehead atoms. The maximum absolute atomic E-state index is 9.02. The summed E-state index contributed by atoms with van der Waals surface area (Å²) in [6.45, 7) is 8.61. The lowest BCUT2D eigenvalue weighted by atomic mass is 9.64. The van der Waals surface area contributed by atoms with Crippen LogP contribution in [0.15, 0.2) is 48.7 Å². The number of nitrogens with zero attached hydrogens (tertiary/aromatic N) is 3. The molecule has 2 atom stereocenters. The van der Waals surface area contributed by atoms with E-state index in [-0.39, 0.29) is 10.8 Å². The van der Waals surface area contributed by atoms with E-state index >= 15 is 0 Å². The average Bonchev–Trinajstić information content (AvgIpc) is 3.10. The fourth-order valence-electron chi connectivity index (χ4n) is 5.03. The lowest BCUT2D eigenvalue weighted by Gasteiger charge is -2.54. The zero-order valence-corrected chi connectivity index (χ0v) is 16.9. The largest absolute Gasteiger partial charge is 0.376 e. The van der Waals surface area contributed by atoms with Gasteiger partial charge in [-0.1, -0.05) is 32.0 Å². The van der Waals surface area contributed by atoms with Crippen molar-refractivity contribution in [3.8, 4) is 6.07 Å². The Morgan fingerprint density at radius 1 is 1.21 bits per heavy atom. The Balaban J connectivity index is 1.48. The van der Waals surface area contributed by atoms with Crippen LogP contribution >= 0.6 is 0 Å². The van der Waals surface area contributed by atoms with Gasteiger partial charge in [-0.25, -0.2) is 0 Å². The topological polar surface area (TPSA) is 49.1 Å². The van der Waals surface area contributed by atoms with Crippen LogP contribution in [0.4, 0.5) is 0 Å². The predicted molar refractivity (Wildman–Crippen MR) is 110 cm³/mol. The second kappa shape index (κ2) is 7.66. The first-order valence-corrected chi connectivity index (χ1v) is 10.2. The molecule has 2 aliphatic heterocycles. The predicted octanol–water partition coefficient (Wildman–Crippen LogP) is 4.20. The number of likely N-dealkylation sites (tertiary alicyclic amines) is 1. The van der Waals surface area contributed by atoms with E-state index in [4.69, 9.17) is 10.00 Å². The zero-order valence-electron chi connectivity index (χ0n) is 16.9. The second-order valence-electron chi connectivity index (χ2n) is 9.13. The molecule has 28 heavy (non-hydrogen) atoms. The van der Waals surface area contributed by atoms with Crippen molar-refractivity contribution in [2.75, 3.05) is 19.7 Å². The van der Waals surface area contributed by atoms with Crippen LogP contribution in [0, 0.1) is 22.2 Å². The van der Waals surface area contributed by atoms with Crippen molar-refractivity contribution in [2.45, 2.75) is 45.8 Å². The van der Waals surface area contributed by atoms with Crippen molar-refractivity contribution in [3.63, 3.8) is 0 Å². The van der Waals surface area contributed by atoms with E-state index < -0.39 is 0 Å². The van der Waals surface area contributed by atoms with Crippen LogP contribution in [-0.4, -0.2) is 35.7 Å². The molecule has 0 radical (unpaired) electrons. The van der Waals surface area contributed by atoms with Gasteiger partial charge in [0.1, 0.15) is 0 Å². The molecule has 1 aromatic carbocycles. The van der Waals surface area contributed by atoms with Gasteiger partial charge in [-0.2, -0.15) is 5.26 Å². The number of ether oxygens (including phenoxy) is 1. The molecule has 0 amide bonds. The molecule has 4 heteroatoms. The van der Waals surface area contributed by atoms with Gasteiger partial charge in [0.2, 0.25) is 0 Å². The first-order valence-electron chi connectivity index (χ1n) is 10.2. The minimum Gasteiger partial charge on any atom is -0.376 e. The van der Waals surface area contributed by atoms with E-state index in [1.54, 1.807) is 0 Å². The lowest BCUT2D eigenvalue weighted by Crippen LogP contribution is -2.58. The van der Waals surface area contributed by atoms with Crippen molar-refractivity contribution in [3.05, 3.63) is 65.5 Å². The van der Waals surface area contributed by atoms with Crippen LogP contribution in [0.1, 0.15) is 43.5 Å². The van der Waals surface area contributed by atoms with E-state index in [2.05, 4.69) is 54.1 Å². The molecular weight excluding hydrogens is 346 g/mol. The van der Waals surface area contributed by atoms with Crippen molar-refractivity contribution >= 4 is 0 Å². The van der Waals surface area contributed by atoms with E-state index in [0.29, 0.717) is 6.10 Å². The molecule has 4 rings (SSSR count). The number of benzene rings is 1. The number of hydrogen-bond acceptors (Lipinski definition) is 4. The summed E-state index contributed by atoms with van der Waals surface area (Å²) in [6.07, 6.45) is 5.50. The summed E-state index contributed by atoms with van der Waals surface area (Å²) in [5.74, 6) is 0. The van der Waals surface area contributed by atoms with Gasteiger partial charge >= 0.3 is 0 Å². The van der Waals surface area contributed by atoms with Gasteiger partial charge in [0.25, 0.3) is 0 Å². The minimum atomic E-state index is 0.185.